The minimum Gasteiger partial charge on any atom is -0.322 e. The fourth-order valence-corrected chi connectivity index (χ4v) is 1.75. The molecule has 1 amide bonds. The molecule has 0 bridgehead atoms. The van der Waals surface area contributed by atoms with E-state index in [0.29, 0.717) is 16.3 Å². The smallest absolute Gasteiger partial charge is 0.251 e. The summed E-state index contributed by atoms with van der Waals surface area (Å²) in [4.78, 5) is 11.9. The molecule has 0 radical (unpaired) electrons. The monoisotopic (exact) mass is 261 g/mol. The Kier molecular flexibility index (Phi) is 3.66. The van der Waals surface area contributed by atoms with Crippen molar-refractivity contribution >= 4 is 23.2 Å². The number of nitrogens with zero attached hydrogens (tertiary/aromatic N) is 1. The molecule has 1 aliphatic rings. The third-order valence-corrected chi connectivity index (χ3v) is 3.22. The third-order valence-electron chi connectivity index (χ3n) is 2.89. The Bertz CT molecular complexity index is 566. The summed E-state index contributed by atoms with van der Waals surface area (Å²) < 4.78 is 0. The number of nitriles is 1. The van der Waals surface area contributed by atoms with Crippen molar-refractivity contribution < 1.29 is 4.79 Å². The number of carbonyl (C=O) groups is 1. The fourth-order valence-electron chi connectivity index (χ4n) is 1.59. The van der Waals surface area contributed by atoms with Crippen molar-refractivity contribution in [1.29, 1.82) is 5.26 Å². The van der Waals surface area contributed by atoms with Crippen LogP contribution in [-0.4, -0.2) is 19.0 Å². The van der Waals surface area contributed by atoms with E-state index in [1.54, 1.807) is 25.1 Å². The van der Waals surface area contributed by atoms with E-state index in [1.807, 2.05) is 6.07 Å². The van der Waals surface area contributed by atoms with E-state index in [4.69, 9.17) is 16.9 Å². The summed E-state index contributed by atoms with van der Waals surface area (Å²) >= 11 is 5.82. The molecule has 1 aromatic rings. The van der Waals surface area contributed by atoms with Gasteiger partial charge in [0.2, 0.25) is 0 Å². The number of hydrogen-bond acceptors (Lipinski definition) is 3. The largest absolute Gasteiger partial charge is 0.322 e. The van der Waals surface area contributed by atoms with E-state index in [2.05, 4.69) is 10.6 Å². The summed E-state index contributed by atoms with van der Waals surface area (Å²) in [5, 5.41) is 15.1. The molecule has 0 aromatic heterocycles. The molecule has 1 saturated heterocycles. The first-order valence-corrected chi connectivity index (χ1v) is 5.90. The van der Waals surface area contributed by atoms with Gasteiger partial charge < -0.3 is 10.6 Å². The van der Waals surface area contributed by atoms with Gasteiger partial charge in [0.15, 0.2) is 0 Å². The van der Waals surface area contributed by atoms with Crippen molar-refractivity contribution in [1.82, 2.24) is 5.32 Å². The molecule has 1 aromatic carbocycles. The van der Waals surface area contributed by atoms with Gasteiger partial charge in [-0.1, -0.05) is 11.6 Å². The third kappa shape index (κ3) is 2.53. The van der Waals surface area contributed by atoms with E-state index in [0.717, 1.165) is 24.2 Å². The molecular formula is C13H12ClN3O. The first kappa shape index (κ1) is 12.6. The summed E-state index contributed by atoms with van der Waals surface area (Å²) in [6.07, 6.45) is 0. The maximum absolute atomic E-state index is 11.9. The Morgan fingerprint density at radius 2 is 2.22 bits per heavy atom. The second kappa shape index (κ2) is 5.21. The van der Waals surface area contributed by atoms with Gasteiger partial charge in [0.1, 0.15) is 6.07 Å². The second-order valence-corrected chi connectivity index (χ2v) is 4.50. The number of anilines is 1. The van der Waals surface area contributed by atoms with Crippen molar-refractivity contribution in [2.45, 2.75) is 6.92 Å². The number of benzene rings is 1. The van der Waals surface area contributed by atoms with Gasteiger partial charge in [-0.25, -0.2) is 0 Å². The lowest BCUT2D eigenvalue weighted by Gasteiger charge is -2.21. The average molecular weight is 262 g/mol. The van der Waals surface area contributed by atoms with Crippen molar-refractivity contribution in [3.63, 3.8) is 0 Å². The Balaban J connectivity index is 2.15. The van der Waals surface area contributed by atoms with Crippen molar-refractivity contribution in [3.8, 4) is 6.07 Å². The van der Waals surface area contributed by atoms with E-state index in [1.165, 1.54) is 0 Å². The number of hydrogen-bond donors (Lipinski definition) is 2. The predicted molar refractivity (Wildman–Crippen MR) is 70.4 cm³/mol. The van der Waals surface area contributed by atoms with Crippen LogP contribution >= 0.6 is 11.6 Å². The van der Waals surface area contributed by atoms with Gasteiger partial charge in [0.25, 0.3) is 5.91 Å². The highest BCUT2D eigenvalue weighted by atomic mass is 35.5. The SMILES string of the molecule is CC(C(=O)Nc1ccc(Cl)c(C#N)c1)=C1CNC1. The first-order chi connectivity index (χ1) is 8.61. The van der Waals surface area contributed by atoms with Crippen LogP contribution in [-0.2, 0) is 4.79 Å². The number of nitrogens with one attached hydrogen (secondary N) is 2. The lowest BCUT2D eigenvalue weighted by atomic mass is 10.0. The molecular weight excluding hydrogens is 250 g/mol. The van der Waals surface area contributed by atoms with Crippen LogP contribution in [0.1, 0.15) is 12.5 Å². The van der Waals surface area contributed by atoms with Gasteiger partial charge in [0, 0.05) is 24.4 Å². The number of halogens is 1. The minimum atomic E-state index is -0.141. The van der Waals surface area contributed by atoms with Crippen LogP contribution in [0.15, 0.2) is 29.3 Å². The first-order valence-electron chi connectivity index (χ1n) is 5.52. The zero-order valence-electron chi connectivity index (χ0n) is 9.88. The highest BCUT2D eigenvalue weighted by molar-refractivity contribution is 6.31. The molecule has 2 rings (SSSR count). The molecule has 18 heavy (non-hydrogen) atoms. The van der Waals surface area contributed by atoms with Gasteiger partial charge in [-0.3, -0.25) is 4.79 Å². The Labute approximate surface area is 110 Å². The second-order valence-electron chi connectivity index (χ2n) is 4.09. The zero-order valence-corrected chi connectivity index (χ0v) is 10.6. The lowest BCUT2D eigenvalue weighted by Crippen LogP contribution is -2.36. The molecule has 5 heteroatoms. The summed E-state index contributed by atoms with van der Waals surface area (Å²) in [6, 6.07) is 6.82. The Morgan fingerprint density at radius 3 is 2.78 bits per heavy atom. The van der Waals surface area contributed by atoms with Gasteiger partial charge >= 0.3 is 0 Å². The van der Waals surface area contributed by atoms with Crippen molar-refractivity contribution in [2.24, 2.45) is 0 Å². The maximum Gasteiger partial charge on any atom is 0.251 e. The molecule has 0 aliphatic carbocycles. The molecule has 0 saturated carbocycles. The molecule has 0 spiro atoms. The Hall–Kier alpha value is -1.83. The number of amides is 1. The van der Waals surface area contributed by atoms with Crippen LogP contribution in [0.2, 0.25) is 5.02 Å². The van der Waals surface area contributed by atoms with Crippen molar-refractivity contribution in [2.75, 3.05) is 18.4 Å². The van der Waals surface area contributed by atoms with Crippen LogP contribution in [0.5, 0.6) is 0 Å². The minimum absolute atomic E-state index is 0.141. The summed E-state index contributed by atoms with van der Waals surface area (Å²) in [6.45, 7) is 3.33. The van der Waals surface area contributed by atoms with Gasteiger partial charge in [0.05, 0.1) is 10.6 Å². The zero-order chi connectivity index (χ0) is 13.1. The van der Waals surface area contributed by atoms with E-state index in [9.17, 15) is 4.79 Å². The fraction of sp³-hybridized carbons (Fsp3) is 0.231. The van der Waals surface area contributed by atoms with E-state index >= 15 is 0 Å². The molecule has 1 heterocycles. The molecule has 0 unspecified atom stereocenters. The van der Waals surface area contributed by atoms with Gasteiger partial charge in [-0.2, -0.15) is 5.26 Å². The summed E-state index contributed by atoms with van der Waals surface area (Å²) in [7, 11) is 0. The van der Waals surface area contributed by atoms with Crippen LogP contribution in [0.3, 0.4) is 0 Å². The highest BCUT2D eigenvalue weighted by Crippen LogP contribution is 2.20. The van der Waals surface area contributed by atoms with E-state index in [-0.39, 0.29) is 5.91 Å². The standard InChI is InChI=1S/C13H12ClN3O/c1-8(10-6-16-7-10)13(18)17-11-2-3-12(14)9(4-11)5-15/h2-4,16H,6-7H2,1H3,(H,17,18). The van der Waals surface area contributed by atoms with Crippen LogP contribution in [0, 0.1) is 11.3 Å². The summed E-state index contributed by atoms with van der Waals surface area (Å²) in [5.74, 6) is -0.141. The molecule has 2 N–H and O–H groups in total. The molecule has 1 aliphatic heterocycles. The van der Waals surface area contributed by atoms with E-state index < -0.39 is 0 Å². The molecule has 0 atom stereocenters. The predicted octanol–water partition coefficient (Wildman–Crippen LogP) is 2.07. The van der Waals surface area contributed by atoms with Crippen LogP contribution in [0.25, 0.3) is 0 Å². The van der Waals surface area contributed by atoms with Crippen LogP contribution in [0.4, 0.5) is 5.69 Å². The number of rotatable bonds is 2. The van der Waals surface area contributed by atoms with Crippen LogP contribution < -0.4 is 10.6 Å². The molecule has 1 fully saturated rings. The molecule has 92 valence electrons. The average Bonchev–Trinajstić information content (AvgIpc) is 2.29. The lowest BCUT2D eigenvalue weighted by molar-refractivity contribution is -0.112. The highest BCUT2D eigenvalue weighted by Gasteiger charge is 2.16. The number of carbonyl (C=O) groups excluding carboxylic acids is 1. The summed E-state index contributed by atoms with van der Waals surface area (Å²) in [5.41, 5.74) is 2.77. The normalized spacial score (nSPS) is 13.5. The topological polar surface area (TPSA) is 64.9 Å². The Morgan fingerprint density at radius 1 is 1.50 bits per heavy atom. The maximum atomic E-state index is 11.9. The van der Waals surface area contributed by atoms with Gasteiger partial charge in [-0.15, -0.1) is 0 Å². The van der Waals surface area contributed by atoms with Gasteiger partial charge in [-0.05, 0) is 30.7 Å². The molecule has 4 nitrogen and oxygen atoms in total. The quantitative estimate of drug-likeness (QED) is 0.801. The van der Waals surface area contributed by atoms with Crippen molar-refractivity contribution in [3.05, 3.63) is 39.9 Å².